The minimum atomic E-state index is -0.266. The van der Waals surface area contributed by atoms with Gasteiger partial charge in [-0.05, 0) is 38.3 Å². The van der Waals surface area contributed by atoms with E-state index < -0.39 is 0 Å². The zero-order chi connectivity index (χ0) is 30.7. The lowest BCUT2D eigenvalue weighted by Crippen LogP contribution is -2.07. The number of hydrogen-bond donors (Lipinski definition) is 0. The number of unbranched alkanes of at least 4 members (excludes halogenated alkanes) is 18. The Bertz CT molecular complexity index is 924. The summed E-state index contributed by atoms with van der Waals surface area (Å²) in [5.41, 5.74) is 2.22. The molecule has 1 atom stereocenters. The fourth-order valence-electron chi connectivity index (χ4n) is 5.51. The fraction of sp³-hybridized carbons (Fsp3) is 0.737. The van der Waals surface area contributed by atoms with Gasteiger partial charge < -0.3 is 9.47 Å². The third-order valence-corrected chi connectivity index (χ3v) is 8.26. The maximum atomic E-state index is 9.89. The van der Waals surface area contributed by atoms with Crippen molar-refractivity contribution < 1.29 is 9.47 Å². The van der Waals surface area contributed by atoms with E-state index in [-0.39, 0.29) is 5.92 Å². The topological polar surface area (TPSA) is 66.0 Å². The summed E-state index contributed by atoms with van der Waals surface area (Å²) in [5, 5.41) is 19.7. The van der Waals surface area contributed by atoms with E-state index in [1.807, 2.05) is 32.1 Å². The van der Waals surface area contributed by atoms with Gasteiger partial charge in [0.15, 0.2) is 0 Å². The molecule has 0 bridgehead atoms. The van der Waals surface area contributed by atoms with Gasteiger partial charge in [-0.3, -0.25) is 0 Å². The highest BCUT2D eigenvalue weighted by atomic mass is 16.5. The van der Waals surface area contributed by atoms with Crippen molar-refractivity contribution in [2.24, 2.45) is 0 Å². The van der Waals surface area contributed by atoms with Gasteiger partial charge in [-0.15, -0.1) is 0 Å². The van der Waals surface area contributed by atoms with Gasteiger partial charge in [0, 0.05) is 11.1 Å². The van der Waals surface area contributed by atoms with E-state index in [4.69, 9.17) is 9.47 Å². The minimum Gasteiger partial charge on any atom is -0.493 e. The average Bonchev–Trinajstić information content (AvgIpc) is 3.01. The molecule has 42 heavy (non-hydrogen) atoms. The molecular formula is C38H62N2O2. The van der Waals surface area contributed by atoms with Crippen molar-refractivity contribution in [3.05, 3.63) is 29.3 Å². The summed E-state index contributed by atoms with van der Waals surface area (Å²) in [6, 6.07) is 8.69. The van der Waals surface area contributed by atoms with Crippen LogP contribution in [0.15, 0.2) is 18.2 Å². The standard InChI is InChI=1S/C38H62N2O2/c1-5-9-11-13-15-17-19-21-23-25-27-41-37-29-36(34(8-4)32-40)38(30-35(37)33(7-3)31-39)42-28-26-24-22-20-18-16-14-12-10-6-2/h7,29-30,34H,5-6,8-28H2,1-4H3/b33-7+. The molecule has 0 radical (unpaired) electrons. The minimum absolute atomic E-state index is 0.266. The van der Waals surface area contributed by atoms with Crippen molar-refractivity contribution in [2.45, 2.75) is 168 Å². The summed E-state index contributed by atoms with van der Waals surface area (Å²) in [6.07, 6.45) is 28.1. The Balaban J connectivity index is 2.70. The smallest absolute Gasteiger partial charge is 0.128 e. The molecular weight excluding hydrogens is 516 g/mol. The van der Waals surface area contributed by atoms with E-state index in [0.717, 1.165) is 42.6 Å². The first-order valence-corrected chi connectivity index (χ1v) is 17.6. The Morgan fingerprint density at radius 3 is 1.45 bits per heavy atom. The third-order valence-electron chi connectivity index (χ3n) is 8.26. The molecule has 4 nitrogen and oxygen atoms in total. The number of allylic oxidation sites excluding steroid dienone is 2. The van der Waals surface area contributed by atoms with Crippen LogP contribution >= 0.6 is 0 Å². The molecule has 1 aromatic rings. The number of benzene rings is 1. The highest BCUT2D eigenvalue weighted by Gasteiger charge is 2.20. The highest BCUT2D eigenvalue weighted by Crippen LogP contribution is 2.38. The Hall–Kier alpha value is -2.46. The molecule has 0 fully saturated rings. The second-order valence-electron chi connectivity index (χ2n) is 11.9. The van der Waals surface area contributed by atoms with Crippen molar-refractivity contribution >= 4 is 5.57 Å². The first-order chi connectivity index (χ1) is 20.7. The normalized spacial score (nSPS) is 12.1. The van der Waals surface area contributed by atoms with E-state index in [2.05, 4.69) is 26.0 Å². The number of rotatable bonds is 27. The maximum absolute atomic E-state index is 9.89. The van der Waals surface area contributed by atoms with Crippen LogP contribution in [0.25, 0.3) is 5.57 Å². The quantitative estimate of drug-likeness (QED) is 0.0769. The van der Waals surface area contributed by atoms with E-state index >= 15 is 0 Å². The molecule has 236 valence electrons. The fourth-order valence-corrected chi connectivity index (χ4v) is 5.51. The van der Waals surface area contributed by atoms with Gasteiger partial charge in [-0.25, -0.2) is 0 Å². The molecule has 0 aliphatic carbocycles. The van der Waals surface area contributed by atoms with Crippen LogP contribution in [-0.2, 0) is 0 Å². The Labute approximate surface area is 259 Å². The lowest BCUT2D eigenvalue weighted by Gasteiger charge is -2.19. The van der Waals surface area contributed by atoms with Gasteiger partial charge in [0.1, 0.15) is 11.5 Å². The van der Waals surface area contributed by atoms with Crippen LogP contribution < -0.4 is 9.47 Å². The van der Waals surface area contributed by atoms with E-state index in [1.165, 1.54) is 103 Å². The molecule has 0 aromatic heterocycles. The van der Waals surface area contributed by atoms with E-state index in [0.29, 0.717) is 31.0 Å². The van der Waals surface area contributed by atoms with Gasteiger partial charge in [0.25, 0.3) is 0 Å². The highest BCUT2D eigenvalue weighted by molar-refractivity contribution is 5.81. The molecule has 0 aliphatic rings. The van der Waals surface area contributed by atoms with Crippen LogP contribution in [0.2, 0.25) is 0 Å². The van der Waals surface area contributed by atoms with Crippen molar-refractivity contribution in [1.29, 1.82) is 10.5 Å². The van der Waals surface area contributed by atoms with Gasteiger partial charge in [-0.2, -0.15) is 10.5 Å². The summed E-state index contributed by atoms with van der Waals surface area (Å²) in [6.45, 7) is 9.69. The Morgan fingerprint density at radius 2 is 1.07 bits per heavy atom. The molecule has 4 heteroatoms. The monoisotopic (exact) mass is 578 g/mol. The summed E-state index contributed by atoms with van der Waals surface area (Å²) in [4.78, 5) is 0. The molecule has 0 heterocycles. The van der Waals surface area contributed by atoms with Gasteiger partial charge in [0.2, 0.25) is 0 Å². The van der Waals surface area contributed by atoms with Gasteiger partial charge in [0.05, 0.1) is 36.8 Å². The van der Waals surface area contributed by atoms with Crippen LogP contribution in [0.4, 0.5) is 0 Å². The summed E-state index contributed by atoms with van der Waals surface area (Å²) < 4.78 is 12.6. The summed E-state index contributed by atoms with van der Waals surface area (Å²) in [7, 11) is 0. The molecule has 1 aromatic carbocycles. The molecule has 0 N–H and O–H groups in total. The predicted molar refractivity (Wildman–Crippen MR) is 179 cm³/mol. The van der Waals surface area contributed by atoms with E-state index in [1.54, 1.807) is 0 Å². The van der Waals surface area contributed by atoms with Crippen LogP contribution in [0.1, 0.15) is 180 Å². The van der Waals surface area contributed by atoms with Gasteiger partial charge >= 0.3 is 0 Å². The number of nitrogens with zero attached hydrogens (tertiary/aromatic N) is 2. The Morgan fingerprint density at radius 1 is 0.643 bits per heavy atom. The molecule has 0 amide bonds. The lowest BCUT2D eigenvalue weighted by atomic mass is 9.93. The van der Waals surface area contributed by atoms with Crippen molar-refractivity contribution in [1.82, 2.24) is 0 Å². The van der Waals surface area contributed by atoms with Crippen molar-refractivity contribution in [3.8, 4) is 23.6 Å². The van der Waals surface area contributed by atoms with Crippen molar-refractivity contribution in [2.75, 3.05) is 13.2 Å². The van der Waals surface area contributed by atoms with Crippen LogP contribution in [0.5, 0.6) is 11.5 Å². The molecule has 0 saturated heterocycles. The van der Waals surface area contributed by atoms with Crippen LogP contribution in [0.3, 0.4) is 0 Å². The van der Waals surface area contributed by atoms with E-state index in [9.17, 15) is 10.5 Å². The summed E-state index contributed by atoms with van der Waals surface area (Å²) >= 11 is 0. The largest absolute Gasteiger partial charge is 0.493 e. The number of ether oxygens (including phenoxy) is 2. The SMILES string of the molecule is C/C=C(\C#N)c1cc(OCCCCCCCCCCCC)c(C(C#N)CC)cc1OCCCCCCCCCCCC. The second kappa shape index (κ2) is 26.2. The Kier molecular flexibility index (Phi) is 23.4. The molecule has 1 rings (SSSR count). The molecule has 1 unspecified atom stereocenters. The third kappa shape index (κ3) is 16.2. The first kappa shape index (κ1) is 37.6. The van der Waals surface area contributed by atoms with Gasteiger partial charge in [-0.1, -0.05) is 142 Å². The van der Waals surface area contributed by atoms with Crippen LogP contribution in [0, 0.1) is 22.7 Å². The second-order valence-corrected chi connectivity index (χ2v) is 11.9. The first-order valence-electron chi connectivity index (χ1n) is 17.6. The average molecular weight is 579 g/mol. The molecule has 0 saturated carbocycles. The number of hydrogen-bond acceptors (Lipinski definition) is 4. The number of nitriles is 2. The van der Waals surface area contributed by atoms with Crippen LogP contribution in [-0.4, -0.2) is 13.2 Å². The lowest BCUT2D eigenvalue weighted by molar-refractivity contribution is 0.292. The zero-order valence-electron chi connectivity index (χ0n) is 27.8. The predicted octanol–water partition coefficient (Wildman–Crippen LogP) is 12.2. The maximum Gasteiger partial charge on any atom is 0.128 e. The molecule has 0 aliphatic heterocycles. The summed E-state index contributed by atoms with van der Waals surface area (Å²) in [5.74, 6) is 1.14. The van der Waals surface area contributed by atoms with Crippen molar-refractivity contribution in [3.63, 3.8) is 0 Å². The zero-order valence-corrected chi connectivity index (χ0v) is 27.8. The molecule has 0 spiro atoms.